The molecule has 0 atom stereocenters. The van der Waals surface area contributed by atoms with Gasteiger partial charge >= 0.3 is 11.4 Å². The van der Waals surface area contributed by atoms with E-state index in [4.69, 9.17) is 5.39 Å². The van der Waals surface area contributed by atoms with Crippen LogP contribution < -0.4 is 16.3 Å². The number of non-ortho nitro benzene ring substituents is 1. The van der Waals surface area contributed by atoms with Gasteiger partial charge in [0.1, 0.15) is 0 Å². The molecule has 0 saturated carbocycles. The van der Waals surface area contributed by atoms with Crippen molar-refractivity contribution in [2.75, 3.05) is 0 Å². The van der Waals surface area contributed by atoms with Crippen molar-refractivity contribution in [1.82, 2.24) is 9.13 Å². The predicted molar refractivity (Wildman–Crippen MR) is 81.1 cm³/mol. The Morgan fingerprint density at radius 1 is 1.25 bits per heavy atom. The van der Waals surface area contributed by atoms with E-state index in [-0.39, 0.29) is 11.2 Å². The molecule has 2 aromatic rings. The number of aromatic nitrogens is 2. The maximum atomic E-state index is 11.8. The van der Waals surface area contributed by atoms with Crippen LogP contribution in [0.1, 0.15) is 5.56 Å². The zero-order chi connectivity index (χ0) is 17.9. The van der Waals surface area contributed by atoms with Crippen molar-refractivity contribution in [2.24, 2.45) is 24.3 Å². The van der Waals surface area contributed by atoms with Crippen molar-refractivity contribution >= 4 is 17.6 Å². The van der Waals surface area contributed by atoms with Crippen molar-refractivity contribution in [2.45, 2.75) is 0 Å². The Morgan fingerprint density at radius 2 is 1.88 bits per heavy atom. The molecule has 24 heavy (non-hydrogen) atoms. The first-order valence-electron chi connectivity index (χ1n) is 6.50. The fourth-order valence-corrected chi connectivity index (χ4v) is 1.85. The molecule has 0 radical (unpaired) electrons. The van der Waals surface area contributed by atoms with E-state index in [1.165, 1.54) is 44.6 Å². The lowest BCUT2D eigenvalue weighted by Gasteiger charge is -2.09. The molecule has 0 bridgehead atoms. The van der Waals surface area contributed by atoms with E-state index in [1.807, 2.05) is 0 Å². The van der Waals surface area contributed by atoms with E-state index < -0.39 is 22.2 Å². The predicted octanol–water partition coefficient (Wildman–Crippen LogP) is 0.125. The third kappa shape index (κ3) is 3.02. The third-order valence-electron chi connectivity index (χ3n) is 3.17. The van der Waals surface area contributed by atoms with Crippen LogP contribution in [0.2, 0.25) is 0 Å². The molecule has 0 N–H and O–H groups in total. The maximum absolute atomic E-state index is 11.8. The molecule has 0 aliphatic heterocycles. The fourth-order valence-electron chi connectivity index (χ4n) is 1.85. The van der Waals surface area contributed by atoms with Gasteiger partial charge in [-0.3, -0.25) is 14.7 Å². The number of nitrogens with zero attached hydrogens (tertiary/aromatic N) is 7. The molecular formula is C13H11N7O4. The van der Waals surface area contributed by atoms with E-state index in [9.17, 15) is 20.0 Å². The van der Waals surface area contributed by atoms with Gasteiger partial charge in [-0.1, -0.05) is 0 Å². The summed E-state index contributed by atoms with van der Waals surface area (Å²) in [5, 5.41) is 38.8. The van der Waals surface area contributed by atoms with Crippen LogP contribution in [0, 0.1) is 15.5 Å². The van der Waals surface area contributed by atoms with Gasteiger partial charge in [0.05, 0.1) is 17.0 Å². The van der Waals surface area contributed by atoms with Crippen LogP contribution in [0.15, 0.2) is 39.3 Å². The van der Waals surface area contributed by atoms with E-state index in [0.29, 0.717) is 5.56 Å². The molecule has 1 aromatic carbocycles. The van der Waals surface area contributed by atoms with Crippen LogP contribution in [0.5, 0.6) is 5.88 Å². The SMILES string of the molecule is Cn1c([O-])c([N+]#N)/c(=N\N=C/c2ccc([N+](=O)[O-])cc2)n(C)c1=O. The first kappa shape index (κ1) is 16.6. The Labute approximate surface area is 134 Å². The molecule has 0 unspecified atom stereocenters. The van der Waals surface area contributed by atoms with Gasteiger partial charge in [-0.15, -0.1) is 5.10 Å². The lowest BCUT2D eigenvalue weighted by Crippen LogP contribution is -2.38. The van der Waals surface area contributed by atoms with Crippen LogP contribution in [-0.2, 0) is 14.1 Å². The summed E-state index contributed by atoms with van der Waals surface area (Å²) < 4.78 is 1.78. The van der Waals surface area contributed by atoms with E-state index in [0.717, 1.165) is 9.13 Å². The molecule has 11 nitrogen and oxygen atoms in total. The summed E-state index contributed by atoms with van der Waals surface area (Å²) in [7, 11) is 2.58. The molecule has 2 rings (SSSR count). The average molecular weight is 329 g/mol. The van der Waals surface area contributed by atoms with Crippen molar-refractivity contribution in [1.29, 1.82) is 5.39 Å². The maximum Gasteiger partial charge on any atom is 0.437 e. The first-order valence-corrected chi connectivity index (χ1v) is 6.50. The summed E-state index contributed by atoms with van der Waals surface area (Å²) in [6.07, 6.45) is 1.27. The number of hydrogen-bond acceptors (Lipinski definition) is 7. The molecule has 0 fully saturated rings. The van der Waals surface area contributed by atoms with Gasteiger partial charge in [-0.05, 0) is 17.7 Å². The number of nitro groups is 1. The summed E-state index contributed by atoms with van der Waals surface area (Å²) in [5.41, 5.74) is -0.860. The minimum atomic E-state index is -0.815. The lowest BCUT2D eigenvalue weighted by molar-refractivity contribution is -0.384. The minimum absolute atomic E-state index is 0.0700. The number of hydrogen-bond donors (Lipinski definition) is 0. The van der Waals surface area contributed by atoms with Gasteiger partial charge in [0.2, 0.25) is 5.39 Å². The molecule has 122 valence electrons. The Hall–Kier alpha value is -3.81. The molecule has 0 aliphatic rings. The summed E-state index contributed by atoms with van der Waals surface area (Å²) in [6, 6.07) is 5.50. The Balaban J connectivity index is 2.48. The van der Waals surface area contributed by atoms with Gasteiger partial charge in [-0.25, -0.2) is 4.79 Å². The second-order valence-electron chi connectivity index (χ2n) is 4.67. The molecule has 0 spiro atoms. The highest BCUT2D eigenvalue weighted by Crippen LogP contribution is 2.14. The van der Waals surface area contributed by atoms with Crippen LogP contribution in [-0.4, -0.2) is 20.3 Å². The smallest absolute Gasteiger partial charge is 0.437 e. The highest BCUT2D eigenvalue weighted by molar-refractivity contribution is 5.79. The number of benzene rings is 1. The lowest BCUT2D eigenvalue weighted by atomic mass is 10.2. The zero-order valence-electron chi connectivity index (χ0n) is 12.7. The Bertz CT molecular complexity index is 993. The van der Waals surface area contributed by atoms with Crippen LogP contribution >= 0.6 is 0 Å². The topological polar surface area (TPSA) is 146 Å². The van der Waals surface area contributed by atoms with E-state index in [1.54, 1.807) is 0 Å². The average Bonchev–Trinajstić information content (AvgIpc) is 2.58. The molecule has 11 heteroatoms. The summed E-state index contributed by atoms with van der Waals surface area (Å²) in [6.45, 7) is 0. The van der Waals surface area contributed by atoms with Crippen LogP contribution in [0.25, 0.3) is 4.98 Å². The standard InChI is InChI=1S/C13H11N7O4/c1-18-11(10(16-14)12(21)19(2)13(18)22)17-15-7-8-3-5-9(6-4-8)20(23)24/h3-7H,1-2H3/b15-7-. The third-order valence-corrected chi connectivity index (χ3v) is 3.17. The van der Waals surface area contributed by atoms with Gasteiger partial charge in [0, 0.05) is 26.2 Å². The van der Waals surface area contributed by atoms with E-state index >= 15 is 0 Å². The summed E-state index contributed by atoms with van der Waals surface area (Å²) in [4.78, 5) is 24.7. The van der Waals surface area contributed by atoms with E-state index in [2.05, 4.69) is 15.2 Å². The van der Waals surface area contributed by atoms with Crippen molar-refractivity contribution in [3.8, 4) is 5.88 Å². The molecule has 0 aliphatic carbocycles. The summed E-state index contributed by atoms with van der Waals surface area (Å²) in [5.74, 6) is -0.815. The van der Waals surface area contributed by atoms with Gasteiger partial charge in [0.25, 0.3) is 11.2 Å². The van der Waals surface area contributed by atoms with Gasteiger partial charge in [-0.2, -0.15) is 5.10 Å². The van der Waals surface area contributed by atoms with Gasteiger partial charge in [0.15, 0.2) is 4.98 Å². The molecule has 0 saturated heterocycles. The number of nitro benzene ring substituents is 1. The molecule has 1 heterocycles. The number of diazo groups is 1. The highest BCUT2D eigenvalue weighted by Gasteiger charge is 2.18. The molecule has 1 aromatic heterocycles. The molecule has 0 amide bonds. The monoisotopic (exact) mass is 329 g/mol. The second kappa shape index (κ2) is 6.53. The number of rotatable bonds is 3. The van der Waals surface area contributed by atoms with Crippen molar-refractivity contribution in [3.63, 3.8) is 0 Å². The first-order chi connectivity index (χ1) is 11.4. The van der Waals surface area contributed by atoms with Crippen LogP contribution in [0.4, 0.5) is 11.4 Å². The van der Waals surface area contributed by atoms with Gasteiger partial charge < -0.3 is 9.67 Å². The van der Waals surface area contributed by atoms with Crippen molar-refractivity contribution < 1.29 is 10.0 Å². The fraction of sp³-hybridized carbons (Fsp3) is 0.154. The largest absolute Gasteiger partial charge is 0.854 e. The summed E-state index contributed by atoms with van der Waals surface area (Å²) >= 11 is 0. The van der Waals surface area contributed by atoms with Crippen molar-refractivity contribution in [3.05, 3.63) is 60.9 Å². The minimum Gasteiger partial charge on any atom is -0.854 e. The Morgan fingerprint density at radius 3 is 2.42 bits per heavy atom. The van der Waals surface area contributed by atoms with Crippen LogP contribution in [0.3, 0.4) is 0 Å². The quantitative estimate of drug-likeness (QED) is 0.340. The zero-order valence-corrected chi connectivity index (χ0v) is 12.7. The highest BCUT2D eigenvalue weighted by atomic mass is 16.6. The normalized spacial score (nSPS) is 11.6. The Kier molecular flexibility index (Phi) is 4.50. The molecular weight excluding hydrogens is 318 g/mol. The second-order valence-corrected chi connectivity index (χ2v) is 4.67.